The molecule has 1 aromatic carbocycles. The van der Waals surface area contributed by atoms with Gasteiger partial charge in [-0.05, 0) is 0 Å². The van der Waals surface area contributed by atoms with Crippen LogP contribution in [0.3, 0.4) is 0 Å². The van der Waals surface area contributed by atoms with Gasteiger partial charge in [0.25, 0.3) is 0 Å². The molecular formula is C14H18O6. The molecule has 2 aliphatic heterocycles. The summed E-state index contributed by atoms with van der Waals surface area (Å²) >= 11 is 0. The summed E-state index contributed by atoms with van der Waals surface area (Å²) in [5, 5.41) is 20.1. The third-order valence-corrected chi connectivity index (χ3v) is 3.64. The van der Waals surface area contributed by atoms with Gasteiger partial charge in [-0.1, -0.05) is 30.3 Å². The van der Waals surface area contributed by atoms with Gasteiger partial charge in [-0.2, -0.15) is 0 Å². The van der Waals surface area contributed by atoms with Gasteiger partial charge in [0.2, 0.25) is 0 Å². The summed E-state index contributed by atoms with van der Waals surface area (Å²) in [6.07, 6.45) is -4.76. The maximum Gasteiger partial charge on any atom is 0.186 e. The lowest BCUT2D eigenvalue weighted by atomic mass is 9.98. The molecule has 3 rings (SSSR count). The molecule has 2 heterocycles. The molecule has 0 bridgehead atoms. The minimum absolute atomic E-state index is 0.272. The van der Waals surface area contributed by atoms with E-state index in [2.05, 4.69) is 0 Å². The number of aliphatic hydroxyl groups excluding tert-OH is 2. The van der Waals surface area contributed by atoms with E-state index < -0.39 is 37.0 Å². The molecule has 2 N–H and O–H groups in total. The Morgan fingerprint density at radius 1 is 1.10 bits per heavy atom. The summed E-state index contributed by atoms with van der Waals surface area (Å²) in [5.41, 5.74) is 0.863. The minimum Gasteiger partial charge on any atom is -0.387 e. The first-order chi connectivity index (χ1) is 9.70. The molecule has 0 aromatic heterocycles. The van der Waals surface area contributed by atoms with Gasteiger partial charge in [0.1, 0.15) is 24.4 Å². The number of aliphatic hydroxyl groups is 2. The SMILES string of the molecule is CO[C@H]1O[C@@H]2CO[C@@H](c3ccccc3)O[C@@H]2[C@@H](O)[C@H]1O. The molecule has 6 atom stereocenters. The average molecular weight is 282 g/mol. The number of hydrogen-bond acceptors (Lipinski definition) is 6. The highest BCUT2D eigenvalue weighted by molar-refractivity contribution is 5.16. The van der Waals surface area contributed by atoms with Gasteiger partial charge in [-0.15, -0.1) is 0 Å². The zero-order chi connectivity index (χ0) is 14.1. The summed E-state index contributed by atoms with van der Waals surface area (Å²) in [6, 6.07) is 9.45. The topological polar surface area (TPSA) is 77.4 Å². The fraction of sp³-hybridized carbons (Fsp3) is 0.571. The van der Waals surface area contributed by atoms with Gasteiger partial charge >= 0.3 is 0 Å². The monoisotopic (exact) mass is 282 g/mol. The van der Waals surface area contributed by atoms with Crippen molar-refractivity contribution in [3.63, 3.8) is 0 Å². The van der Waals surface area contributed by atoms with Crippen molar-refractivity contribution in [2.24, 2.45) is 0 Å². The number of methoxy groups -OCH3 is 1. The quantitative estimate of drug-likeness (QED) is 0.806. The predicted octanol–water partition coefficient (Wildman–Crippen LogP) is 0.194. The number of rotatable bonds is 2. The van der Waals surface area contributed by atoms with Crippen LogP contribution in [0.5, 0.6) is 0 Å². The summed E-state index contributed by atoms with van der Waals surface area (Å²) in [4.78, 5) is 0. The number of hydrogen-bond donors (Lipinski definition) is 2. The highest BCUT2D eigenvalue weighted by Gasteiger charge is 2.48. The third-order valence-electron chi connectivity index (χ3n) is 3.64. The van der Waals surface area contributed by atoms with Crippen molar-refractivity contribution in [2.45, 2.75) is 37.0 Å². The van der Waals surface area contributed by atoms with Crippen LogP contribution in [0.25, 0.3) is 0 Å². The fourth-order valence-corrected chi connectivity index (χ4v) is 2.55. The summed E-state index contributed by atoms with van der Waals surface area (Å²) in [6.45, 7) is 0.272. The van der Waals surface area contributed by atoms with Crippen molar-refractivity contribution >= 4 is 0 Å². The molecule has 0 amide bonds. The Labute approximate surface area is 116 Å². The first kappa shape index (κ1) is 13.9. The van der Waals surface area contributed by atoms with Crippen molar-refractivity contribution in [1.82, 2.24) is 0 Å². The molecule has 0 aliphatic carbocycles. The molecule has 20 heavy (non-hydrogen) atoms. The normalized spacial score (nSPS) is 41.1. The highest BCUT2D eigenvalue weighted by atomic mass is 16.7. The second-order valence-electron chi connectivity index (χ2n) is 4.94. The zero-order valence-corrected chi connectivity index (χ0v) is 11.1. The fourth-order valence-electron chi connectivity index (χ4n) is 2.55. The number of fused-ring (bicyclic) bond motifs is 1. The molecule has 2 saturated heterocycles. The predicted molar refractivity (Wildman–Crippen MR) is 67.7 cm³/mol. The molecule has 6 nitrogen and oxygen atoms in total. The van der Waals surface area contributed by atoms with E-state index >= 15 is 0 Å². The van der Waals surface area contributed by atoms with Gasteiger partial charge in [0.15, 0.2) is 12.6 Å². The van der Waals surface area contributed by atoms with Gasteiger partial charge in [0.05, 0.1) is 6.61 Å². The molecule has 2 fully saturated rings. The zero-order valence-electron chi connectivity index (χ0n) is 11.1. The second kappa shape index (κ2) is 5.77. The molecule has 0 radical (unpaired) electrons. The van der Waals surface area contributed by atoms with Crippen molar-refractivity contribution in [1.29, 1.82) is 0 Å². The van der Waals surface area contributed by atoms with Crippen LogP contribution in [0.15, 0.2) is 30.3 Å². The summed E-state index contributed by atoms with van der Waals surface area (Å²) < 4.78 is 21.9. The Morgan fingerprint density at radius 2 is 1.85 bits per heavy atom. The van der Waals surface area contributed by atoms with Crippen molar-refractivity contribution < 1.29 is 29.2 Å². The van der Waals surface area contributed by atoms with Crippen LogP contribution in [0.4, 0.5) is 0 Å². The van der Waals surface area contributed by atoms with Crippen LogP contribution in [0, 0.1) is 0 Å². The Morgan fingerprint density at radius 3 is 2.55 bits per heavy atom. The molecule has 0 unspecified atom stereocenters. The minimum atomic E-state index is -1.14. The average Bonchev–Trinajstić information content (AvgIpc) is 2.51. The van der Waals surface area contributed by atoms with E-state index in [9.17, 15) is 10.2 Å². The Hall–Kier alpha value is -1.02. The molecule has 0 spiro atoms. The number of benzene rings is 1. The van der Waals surface area contributed by atoms with Gasteiger partial charge in [0, 0.05) is 12.7 Å². The Kier molecular flexibility index (Phi) is 4.02. The molecule has 2 aliphatic rings. The molecule has 6 heteroatoms. The van der Waals surface area contributed by atoms with Gasteiger partial charge in [-0.25, -0.2) is 0 Å². The molecule has 1 aromatic rings. The van der Waals surface area contributed by atoms with Gasteiger partial charge < -0.3 is 29.2 Å². The maximum atomic E-state index is 10.1. The Bertz CT molecular complexity index is 437. The van der Waals surface area contributed by atoms with E-state index in [0.29, 0.717) is 0 Å². The van der Waals surface area contributed by atoms with E-state index in [0.717, 1.165) is 5.56 Å². The van der Waals surface area contributed by atoms with Crippen LogP contribution in [-0.4, -0.2) is 54.6 Å². The van der Waals surface area contributed by atoms with E-state index in [4.69, 9.17) is 18.9 Å². The standard InChI is InChI=1S/C14H18O6/c1-17-14-11(16)10(15)12-9(19-14)7-18-13(20-12)8-5-3-2-4-6-8/h2-6,9-16H,7H2,1H3/t9-,10+,11-,12+,13-,14+/m1/s1. The van der Waals surface area contributed by atoms with Crippen LogP contribution in [0.1, 0.15) is 11.9 Å². The first-order valence-corrected chi connectivity index (χ1v) is 6.57. The molecular weight excluding hydrogens is 264 g/mol. The van der Waals surface area contributed by atoms with Crippen LogP contribution >= 0.6 is 0 Å². The van der Waals surface area contributed by atoms with Crippen LogP contribution < -0.4 is 0 Å². The van der Waals surface area contributed by atoms with E-state index in [1.54, 1.807) is 0 Å². The Balaban J connectivity index is 1.74. The summed E-state index contributed by atoms with van der Waals surface area (Å²) in [5.74, 6) is 0. The largest absolute Gasteiger partial charge is 0.387 e. The van der Waals surface area contributed by atoms with Crippen LogP contribution in [-0.2, 0) is 18.9 Å². The highest BCUT2D eigenvalue weighted by Crippen LogP contribution is 2.33. The summed E-state index contributed by atoms with van der Waals surface area (Å²) in [7, 11) is 1.41. The number of ether oxygens (including phenoxy) is 4. The third kappa shape index (κ3) is 2.46. The lowest BCUT2D eigenvalue weighted by molar-refractivity contribution is -0.358. The van der Waals surface area contributed by atoms with E-state index in [1.165, 1.54) is 7.11 Å². The second-order valence-corrected chi connectivity index (χ2v) is 4.94. The van der Waals surface area contributed by atoms with Crippen molar-refractivity contribution in [3.8, 4) is 0 Å². The maximum absolute atomic E-state index is 10.1. The van der Waals surface area contributed by atoms with Crippen molar-refractivity contribution in [2.75, 3.05) is 13.7 Å². The van der Waals surface area contributed by atoms with Gasteiger partial charge in [-0.3, -0.25) is 0 Å². The molecule has 0 saturated carbocycles. The lowest BCUT2D eigenvalue weighted by Gasteiger charge is -2.45. The first-order valence-electron chi connectivity index (χ1n) is 6.57. The lowest BCUT2D eigenvalue weighted by Crippen LogP contribution is -2.62. The van der Waals surface area contributed by atoms with E-state index in [-0.39, 0.29) is 6.61 Å². The molecule has 110 valence electrons. The van der Waals surface area contributed by atoms with E-state index in [1.807, 2.05) is 30.3 Å². The smallest absolute Gasteiger partial charge is 0.186 e. The van der Waals surface area contributed by atoms with Crippen LogP contribution in [0.2, 0.25) is 0 Å². The van der Waals surface area contributed by atoms with Crippen molar-refractivity contribution in [3.05, 3.63) is 35.9 Å².